The zero-order valence-corrected chi connectivity index (χ0v) is 17.1. The van der Waals surface area contributed by atoms with E-state index in [0.29, 0.717) is 17.9 Å². The van der Waals surface area contributed by atoms with Crippen LogP contribution in [0.1, 0.15) is 36.4 Å². The van der Waals surface area contributed by atoms with Gasteiger partial charge in [0.1, 0.15) is 0 Å². The van der Waals surface area contributed by atoms with Gasteiger partial charge in [-0.1, -0.05) is 35.9 Å². The van der Waals surface area contributed by atoms with E-state index >= 15 is 0 Å². The third-order valence-corrected chi connectivity index (χ3v) is 5.53. The van der Waals surface area contributed by atoms with E-state index in [1.54, 1.807) is 23.5 Å². The molecule has 28 heavy (non-hydrogen) atoms. The van der Waals surface area contributed by atoms with Crippen molar-refractivity contribution in [3.63, 3.8) is 0 Å². The maximum atomic E-state index is 12.0. The number of aryl methyl sites for hydroxylation is 1. The van der Waals surface area contributed by atoms with Crippen LogP contribution in [0.5, 0.6) is 0 Å². The Hall–Kier alpha value is -2.44. The van der Waals surface area contributed by atoms with Crippen LogP contribution in [0.15, 0.2) is 48.5 Å². The minimum atomic E-state index is -0.383. The van der Waals surface area contributed by atoms with Gasteiger partial charge in [0, 0.05) is 11.4 Å². The molecular formula is C21H21ClN2O3S. The molecule has 0 fully saturated rings. The Morgan fingerprint density at radius 3 is 2.82 bits per heavy atom. The Morgan fingerprint density at radius 1 is 1.21 bits per heavy atom. The smallest absolute Gasteiger partial charge is 0.306 e. The first-order valence-electron chi connectivity index (χ1n) is 9.06. The van der Waals surface area contributed by atoms with Gasteiger partial charge in [0.2, 0.25) is 0 Å². The fourth-order valence-electron chi connectivity index (χ4n) is 2.77. The summed E-state index contributed by atoms with van der Waals surface area (Å²) in [4.78, 5) is 28.4. The first kappa shape index (κ1) is 20.3. The Labute approximate surface area is 172 Å². The summed E-state index contributed by atoms with van der Waals surface area (Å²) in [5, 5.41) is 4.40. The van der Waals surface area contributed by atoms with E-state index in [-0.39, 0.29) is 30.9 Å². The molecule has 0 saturated carbocycles. The number of thiazole rings is 1. The standard InChI is InChI=1S/C21H21ClN2O3S/c1-14(15-6-4-7-16(22)12-15)23-19(25)13-27-21(26)11-5-10-20-24-17-8-2-3-9-18(17)28-20/h2-4,6-9,12,14H,5,10-11,13H2,1H3,(H,23,25)/t14-/m1/s1. The lowest BCUT2D eigenvalue weighted by molar-refractivity contribution is -0.148. The summed E-state index contributed by atoms with van der Waals surface area (Å²) in [5.41, 5.74) is 1.87. The Balaban J connectivity index is 1.37. The fraction of sp³-hybridized carbons (Fsp3) is 0.286. The average Bonchev–Trinajstić information content (AvgIpc) is 3.09. The van der Waals surface area contributed by atoms with Gasteiger partial charge in [0.05, 0.1) is 21.3 Å². The van der Waals surface area contributed by atoms with Gasteiger partial charge in [-0.3, -0.25) is 9.59 Å². The molecule has 146 valence electrons. The second-order valence-electron chi connectivity index (χ2n) is 6.43. The van der Waals surface area contributed by atoms with Crippen molar-refractivity contribution in [2.24, 2.45) is 0 Å². The first-order valence-corrected chi connectivity index (χ1v) is 10.3. The number of halogens is 1. The molecule has 1 amide bonds. The number of carbonyl (C=O) groups is 2. The number of hydrogen-bond acceptors (Lipinski definition) is 5. The van der Waals surface area contributed by atoms with E-state index in [9.17, 15) is 9.59 Å². The number of ether oxygens (including phenoxy) is 1. The minimum absolute atomic E-state index is 0.219. The molecule has 0 bridgehead atoms. The van der Waals surface area contributed by atoms with Crippen molar-refractivity contribution in [2.45, 2.75) is 32.2 Å². The molecule has 3 aromatic rings. The van der Waals surface area contributed by atoms with Gasteiger partial charge in [0.25, 0.3) is 5.91 Å². The van der Waals surface area contributed by atoms with Crippen molar-refractivity contribution < 1.29 is 14.3 Å². The van der Waals surface area contributed by atoms with Crippen LogP contribution < -0.4 is 5.32 Å². The predicted molar refractivity (Wildman–Crippen MR) is 112 cm³/mol. The number of nitrogens with one attached hydrogen (secondary N) is 1. The normalized spacial score (nSPS) is 11.9. The summed E-state index contributed by atoms with van der Waals surface area (Å²) in [6.07, 6.45) is 1.61. The third kappa shape index (κ3) is 5.78. The Kier molecular flexibility index (Phi) is 7.01. The highest BCUT2D eigenvalue weighted by Crippen LogP contribution is 2.22. The molecule has 3 rings (SSSR count). The van der Waals surface area contributed by atoms with Crippen molar-refractivity contribution in [1.82, 2.24) is 10.3 Å². The lowest BCUT2D eigenvalue weighted by Gasteiger charge is -2.14. The Morgan fingerprint density at radius 2 is 2.04 bits per heavy atom. The number of nitrogens with zero attached hydrogens (tertiary/aromatic N) is 1. The monoisotopic (exact) mass is 416 g/mol. The van der Waals surface area contributed by atoms with Crippen LogP contribution in [-0.4, -0.2) is 23.5 Å². The van der Waals surface area contributed by atoms with Crippen molar-refractivity contribution in [2.75, 3.05) is 6.61 Å². The third-order valence-electron chi connectivity index (χ3n) is 4.20. The molecule has 1 N–H and O–H groups in total. The zero-order valence-electron chi connectivity index (χ0n) is 15.5. The second kappa shape index (κ2) is 9.66. The predicted octanol–water partition coefficient (Wildman–Crippen LogP) is 4.69. The van der Waals surface area contributed by atoms with Crippen LogP contribution >= 0.6 is 22.9 Å². The van der Waals surface area contributed by atoms with Crippen molar-refractivity contribution in [1.29, 1.82) is 0 Å². The highest BCUT2D eigenvalue weighted by atomic mass is 35.5. The van der Waals surface area contributed by atoms with E-state index in [1.807, 2.05) is 43.3 Å². The van der Waals surface area contributed by atoms with Gasteiger partial charge in [-0.05, 0) is 49.6 Å². The van der Waals surface area contributed by atoms with E-state index in [2.05, 4.69) is 10.3 Å². The molecule has 2 aromatic carbocycles. The average molecular weight is 417 g/mol. The van der Waals surface area contributed by atoms with Crippen LogP contribution in [0.25, 0.3) is 10.2 Å². The van der Waals surface area contributed by atoms with Gasteiger partial charge in [-0.15, -0.1) is 11.3 Å². The number of benzene rings is 2. The number of rotatable bonds is 8. The van der Waals surface area contributed by atoms with Crippen molar-refractivity contribution in [3.05, 3.63) is 64.1 Å². The molecule has 5 nitrogen and oxygen atoms in total. The van der Waals surface area contributed by atoms with Crippen LogP contribution in [0.4, 0.5) is 0 Å². The van der Waals surface area contributed by atoms with Crippen molar-refractivity contribution >= 4 is 45.0 Å². The number of esters is 1. The molecular weight excluding hydrogens is 396 g/mol. The number of para-hydroxylation sites is 1. The lowest BCUT2D eigenvalue weighted by atomic mass is 10.1. The molecule has 0 radical (unpaired) electrons. The summed E-state index contributed by atoms with van der Waals surface area (Å²) in [7, 11) is 0. The molecule has 0 aliphatic heterocycles. The van der Waals surface area contributed by atoms with Crippen LogP contribution in [0.2, 0.25) is 5.02 Å². The number of fused-ring (bicyclic) bond motifs is 1. The zero-order chi connectivity index (χ0) is 19.9. The maximum Gasteiger partial charge on any atom is 0.306 e. The molecule has 7 heteroatoms. The summed E-state index contributed by atoms with van der Waals surface area (Å²) in [6, 6.07) is 15.0. The van der Waals surface area contributed by atoms with E-state index in [4.69, 9.17) is 16.3 Å². The number of amides is 1. The van der Waals surface area contributed by atoms with E-state index in [0.717, 1.165) is 20.8 Å². The summed E-state index contributed by atoms with van der Waals surface area (Å²) >= 11 is 7.59. The minimum Gasteiger partial charge on any atom is -0.456 e. The molecule has 0 spiro atoms. The fourth-order valence-corrected chi connectivity index (χ4v) is 3.98. The van der Waals surface area contributed by atoms with Gasteiger partial charge in [-0.2, -0.15) is 0 Å². The molecule has 1 aromatic heterocycles. The SMILES string of the molecule is C[C@@H](NC(=O)COC(=O)CCCc1nc2ccccc2s1)c1cccc(Cl)c1. The first-order chi connectivity index (χ1) is 13.5. The van der Waals surface area contributed by atoms with E-state index in [1.165, 1.54) is 0 Å². The summed E-state index contributed by atoms with van der Waals surface area (Å²) in [5.74, 6) is -0.723. The molecule has 1 atom stereocenters. The largest absolute Gasteiger partial charge is 0.456 e. The number of hydrogen-bond donors (Lipinski definition) is 1. The summed E-state index contributed by atoms with van der Waals surface area (Å²) < 4.78 is 6.21. The van der Waals surface area contributed by atoms with Crippen LogP contribution in [-0.2, 0) is 20.7 Å². The maximum absolute atomic E-state index is 12.0. The quantitative estimate of drug-likeness (QED) is 0.541. The van der Waals surface area contributed by atoms with Gasteiger partial charge >= 0.3 is 5.97 Å². The summed E-state index contributed by atoms with van der Waals surface area (Å²) in [6.45, 7) is 1.56. The van der Waals surface area contributed by atoms with Gasteiger partial charge in [0.15, 0.2) is 6.61 Å². The highest BCUT2D eigenvalue weighted by Gasteiger charge is 2.12. The molecule has 0 saturated heterocycles. The van der Waals surface area contributed by atoms with Crippen LogP contribution in [0.3, 0.4) is 0 Å². The van der Waals surface area contributed by atoms with Gasteiger partial charge < -0.3 is 10.1 Å². The second-order valence-corrected chi connectivity index (χ2v) is 7.99. The van der Waals surface area contributed by atoms with E-state index < -0.39 is 0 Å². The molecule has 0 aliphatic rings. The van der Waals surface area contributed by atoms with Crippen molar-refractivity contribution in [3.8, 4) is 0 Å². The molecule has 0 unspecified atom stereocenters. The van der Waals surface area contributed by atoms with Gasteiger partial charge in [-0.25, -0.2) is 4.98 Å². The molecule has 1 heterocycles. The number of aromatic nitrogens is 1. The molecule has 0 aliphatic carbocycles. The Bertz CT molecular complexity index is 940. The number of carbonyl (C=O) groups excluding carboxylic acids is 2. The lowest BCUT2D eigenvalue weighted by Crippen LogP contribution is -2.31. The van der Waals surface area contributed by atoms with Crippen LogP contribution in [0, 0.1) is 0 Å². The topological polar surface area (TPSA) is 68.3 Å². The highest BCUT2D eigenvalue weighted by molar-refractivity contribution is 7.18.